The molecule has 0 spiro atoms. The number of rotatable bonds is 5. The normalized spacial score (nSPS) is 11.9. The highest BCUT2D eigenvalue weighted by atomic mass is 16.3. The minimum atomic E-state index is 0.850. The van der Waals surface area contributed by atoms with Gasteiger partial charge in [0.1, 0.15) is 17.0 Å². The Morgan fingerprint density at radius 1 is 0.368 bits per heavy atom. The van der Waals surface area contributed by atoms with Crippen molar-refractivity contribution in [1.29, 1.82) is 0 Å². The molecule has 0 bridgehead atoms. The van der Waals surface area contributed by atoms with Crippen LogP contribution in [0, 0.1) is 0 Å². The van der Waals surface area contributed by atoms with Crippen LogP contribution >= 0.6 is 0 Å². The average molecular weight is 729 g/mol. The van der Waals surface area contributed by atoms with Crippen LogP contribution in [0.25, 0.3) is 111 Å². The molecule has 12 rings (SSSR count). The number of nitrogens with zero attached hydrogens (tertiary/aromatic N) is 4. The van der Waals surface area contributed by atoms with Gasteiger partial charge < -0.3 is 8.98 Å². The number of aromatic nitrogens is 4. The number of hydrogen-bond acceptors (Lipinski definition) is 3. The first-order valence-electron chi connectivity index (χ1n) is 19.2. The van der Waals surface area contributed by atoms with Crippen molar-refractivity contribution in [1.82, 2.24) is 19.1 Å². The molecule has 0 unspecified atom stereocenters. The van der Waals surface area contributed by atoms with E-state index in [0.29, 0.717) is 0 Å². The molecule has 0 radical (unpaired) electrons. The molecule has 12 aromatic rings. The summed E-state index contributed by atoms with van der Waals surface area (Å²) in [7, 11) is 0. The number of fused-ring (bicyclic) bond motifs is 9. The van der Waals surface area contributed by atoms with Gasteiger partial charge in [0.05, 0.1) is 38.7 Å². The van der Waals surface area contributed by atoms with Crippen molar-refractivity contribution in [2.45, 2.75) is 0 Å². The maximum absolute atomic E-state index is 6.63. The van der Waals surface area contributed by atoms with Crippen LogP contribution in [0.1, 0.15) is 0 Å². The molecule has 0 saturated heterocycles. The molecule has 0 N–H and O–H groups in total. The van der Waals surface area contributed by atoms with Crippen LogP contribution in [0.5, 0.6) is 0 Å². The molecule has 57 heavy (non-hydrogen) atoms. The Bertz CT molecular complexity index is 3460. The van der Waals surface area contributed by atoms with E-state index in [-0.39, 0.29) is 0 Å². The highest BCUT2D eigenvalue weighted by Gasteiger charge is 2.21. The minimum Gasteiger partial charge on any atom is -0.455 e. The van der Waals surface area contributed by atoms with Gasteiger partial charge in [0.2, 0.25) is 0 Å². The third kappa shape index (κ3) is 4.89. The van der Waals surface area contributed by atoms with Crippen molar-refractivity contribution in [2.75, 3.05) is 0 Å². The van der Waals surface area contributed by atoms with E-state index < -0.39 is 0 Å². The average Bonchev–Trinajstić information content (AvgIpc) is 3.97. The molecule has 4 heterocycles. The monoisotopic (exact) mass is 728 g/mol. The first-order valence-corrected chi connectivity index (χ1v) is 19.2. The summed E-state index contributed by atoms with van der Waals surface area (Å²) >= 11 is 0. The zero-order valence-electron chi connectivity index (χ0n) is 30.7. The fourth-order valence-corrected chi connectivity index (χ4v) is 8.73. The number of hydrogen-bond donors (Lipinski definition) is 0. The van der Waals surface area contributed by atoms with Crippen molar-refractivity contribution < 1.29 is 4.42 Å². The molecular formula is C52H32N4O. The molecule has 0 aliphatic heterocycles. The zero-order valence-corrected chi connectivity index (χ0v) is 30.7. The number of benzene rings is 8. The predicted molar refractivity (Wildman–Crippen MR) is 234 cm³/mol. The van der Waals surface area contributed by atoms with E-state index in [1.807, 2.05) is 30.3 Å². The molecular weight excluding hydrogens is 697 g/mol. The molecule has 0 amide bonds. The summed E-state index contributed by atoms with van der Waals surface area (Å²) in [6, 6.07) is 68.4. The topological polar surface area (TPSA) is 48.8 Å². The fraction of sp³-hybridized carbons (Fsp3) is 0. The van der Waals surface area contributed by atoms with Crippen LogP contribution in [0.15, 0.2) is 199 Å². The molecule has 0 fully saturated rings. The Balaban J connectivity index is 1.11. The van der Waals surface area contributed by atoms with Gasteiger partial charge in [-0.2, -0.15) is 0 Å². The summed E-state index contributed by atoms with van der Waals surface area (Å²) in [5, 5.41) is 5.51. The van der Waals surface area contributed by atoms with E-state index in [9.17, 15) is 0 Å². The lowest BCUT2D eigenvalue weighted by atomic mass is 9.96. The highest BCUT2D eigenvalue weighted by molar-refractivity contribution is 6.19. The van der Waals surface area contributed by atoms with E-state index in [1.165, 1.54) is 10.8 Å². The van der Waals surface area contributed by atoms with E-state index in [1.54, 1.807) is 0 Å². The standard InChI is InChI=1S/C52H32N4O/c1-2-14-37(15-3-1)56-47-24-12-9-21-44(47)54-52(56)34-28-26-33(27-29-34)35-30-36(32-38(31-35)55-45-22-10-5-16-39(45)40-17-6-11-23-46(40)55)50-49-42-19-7-13-25-48(42)57-51(49)41-18-4-8-20-43(41)53-50/h1-32H. The van der Waals surface area contributed by atoms with Crippen LogP contribution in [-0.2, 0) is 0 Å². The van der Waals surface area contributed by atoms with E-state index >= 15 is 0 Å². The quantitative estimate of drug-likeness (QED) is 0.177. The second kappa shape index (κ2) is 12.4. The molecule has 266 valence electrons. The lowest BCUT2D eigenvalue weighted by Crippen LogP contribution is -1.98. The Hall–Kier alpha value is -7.76. The van der Waals surface area contributed by atoms with Gasteiger partial charge >= 0.3 is 0 Å². The van der Waals surface area contributed by atoms with Gasteiger partial charge in [-0.05, 0) is 83.9 Å². The summed E-state index contributed by atoms with van der Waals surface area (Å²) in [6.07, 6.45) is 0. The number of para-hydroxylation sites is 7. The predicted octanol–water partition coefficient (Wildman–Crippen LogP) is 13.6. The van der Waals surface area contributed by atoms with Crippen molar-refractivity contribution >= 4 is 65.7 Å². The van der Waals surface area contributed by atoms with E-state index in [0.717, 1.165) is 100 Å². The lowest BCUT2D eigenvalue weighted by molar-refractivity contribution is 0.672. The van der Waals surface area contributed by atoms with Crippen LogP contribution < -0.4 is 0 Å². The third-order valence-corrected chi connectivity index (χ3v) is 11.3. The summed E-state index contributed by atoms with van der Waals surface area (Å²) < 4.78 is 11.3. The lowest BCUT2D eigenvalue weighted by Gasteiger charge is -2.15. The maximum Gasteiger partial charge on any atom is 0.147 e. The first-order chi connectivity index (χ1) is 28.3. The molecule has 5 heteroatoms. The van der Waals surface area contributed by atoms with Gasteiger partial charge in [0.15, 0.2) is 0 Å². The third-order valence-electron chi connectivity index (χ3n) is 11.3. The van der Waals surface area contributed by atoms with Gasteiger partial charge in [0, 0.05) is 44.0 Å². The second-order valence-corrected chi connectivity index (χ2v) is 14.6. The minimum absolute atomic E-state index is 0.850. The molecule has 4 aromatic heterocycles. The van der Waals surface area contributed by atoms with Gasteiger partial charge in [0.25, 0.3) is 0 Å². The Morgan fingerprint density at radius 2 is 0.947 bits per heavy atom. The van der Waals surface area contributed by atoms with Crippen LogP contribution in [0.3, 0.4) is 0 Å². The van der Waals surface area contributed by atoms with Crippen LogP contribution in [-0.4, -0.2) is 19.1 Å². The molecule has 8 aromatic carbocycles. The van der Waals surface area contributed by atoms with Crippen molar-refractivity contribution in [3.05, 3.63) is 194 Å². The number of furan rings is 1. The molecule has 0 aliphatic carbocycles. The summed E-state index contributed by atoms with van der Waals surface area (Å²) in [6.45, 7) is 0. The highest BCUT2D eigenvalue weighted by Crippen LogP contribution is 2.42. The Kier molecular flexibility index (Phi) is 6.86. The van der Waals surface area contributed by atoms with Gasteiger partial charge in [-0.25, -0.2) is 9.97 Å². The summed E-state index contributed by atoms with van der Waals surface area (Å²) in [5.74, 6) is 0.906. The molecule has 0 aliphatic rings. The zero-order chi connectivity index (χ0) is 37.5. The van der Waals surface area contributed by atoms with E-state index in [4.69, 9.17) is 14.4 Å². The molecule has 0 atom stereocenters. The largest absolute Gasteiger partial charge is 0.455 e. The van der Waals surface area contributed by atoms with E-state index in [2.05, 4.69) is 173 Å². The molecule has 0 saturated carbocycles. The maximum atomic E-state index is 6.63. The van der Waals surface area contributed by atoms with Crippen LogP contribution in [0.2, 0.25) is 0 Å². The van der Waals surface area contributed by atoms with Crippen molar-refractivity contribution in [3.63, 3.8) is 0 Å². The molecule has 5 nitrogen and oxygen atoms in total. The first kappa shape index (κ1) is 31.6. The summed E-state index contributed by atoms with van der Waals surface area (Å²) in [4.78, 5) is 10.5. The summed E-state index contributed by atoms with van der Waals surface area (Å²) in [5.41, 5.74) is 14.2. The second-order valence-electron chi connectivity index (χ2n) is 14.6. The van der Waals surface area contributed by atoms with Gasteiger partial charge in [-0.15, -0.1) is 0 Å². The van der Waals surface area contributed by atoms with Crippen molar-refractivity contribution in [3.8, 4) is 45.1 Å². The van der Waals surface area contributed by atoms with Gasteiger partial charge in [-0.3, -0.25) is 4.57 Å². The smallest absolute Gasteiger partial charge is 0.147 e. The Morgan fingerprint density at radius 3 is 1.70 bits per heavy atom. The number of imidazole rings is 1. The fourth-order valence-electron chi connectivity index (χ4n) is 8.73. The van der Waals surface area contributed by atoms with Crippen molar-refractivity contribution in [2.24, 2.45) is 0 Å². The van der Waals surface area contributed by atoms with Crippen LogP contribution in [0.4, 0.5) is 0 Å². The Labute approximate surface area is 327 Å². The number of pyridine rings is 1. The SMILES string of the molecule is c1ccc(-n2c(-c3ccc(-c4cc(-c5nc6ccccc6c6oc7ccccc7c56)cc(-n5c6ccccc6c6ccccc65)c4)cc3)nc3ccccc32)cc1. The van der Waals surface area contributed by atoms with Gasteiger partial charge in [-0.1, -0.05) is 121 Å².